The van der Waals surface area contributed by atoms with Crippen LogP contribution in [0.5, 0.6) is 5.75 Å². The topological polar surface area (TPSA) is 74.8 Å². The highest BCUT2D eigenvalue weighted by Gasteiger charge is 2.19. The molecule has 0 atom stereocenters. The normalized spacial score (nSPS) is 10.7. The van der Waals surface area contributed by atoms with E-state index < -0.39 is 0 Å². The Kier molecular flexibility index (Phi) is 4.25. The maximum absolute atomic E-state index is 11.6. The number of rotatable bonds is 5. The van der Waals surface area contributed by atoms with Gasteiger partial charge in [0.05, 0.1) is 29.7 Å². The van der Waals surface area contributed by atoms with E-state index in [2.05, 4.69) is 15.4 Å². The first-order chi connectivity index (χ1) is 13.2. The lowest BCUT2D eigenvalue weighted by molar-refractivity contribution is 0.112. The highest BCUT2D eigenvalue weighted by atomic mass is 16.5. The summed E-state index contributed by atoms with van der Waals surface area (Å²) in [5, 5.41) is 13.1. The summed E-state index contributed by atoms with van der Waals surface area (Å²) in [4.78, 5) is 11.6. The molecular weight excluding hydrogens is 342 g/mol. The third-order valence-corrected chi connectivity index (χ3v) is 4.33. The molecule has 4 rings (SSSR count). The summed E-state index contributed by atoms with van der Waals surface area (Å²) >= 11 is 0. The zero-order valence-corrected chi connectivity index (χ0v) is 14.9. The van der Waals surface area contributed by atoms with Crippen molar-refractivity contribution >= 4 is 6.29 Å². The van der Waals surface area contributed by atoms with Crippen molar-refractivity contribution in [2.24, 2.45) is 0 Å². The highest BCUT2D eigenvalue weighted by Crippen LogP contribution is 2.25. The fraction of sp³-hybridized carbons (Fsp3) is 0.100. The largest absolute Gasteiger partial charge is 0.497 e. The number of para-hydroxylation sites is 1. The third-order valence-electron chi connectivity index (χ3n) is 4.33. The number of hydrogen-bond acceptors (Lipinski definition) is 5. The average molecular weight is 359 g/mol. The van der Waals surface area contributed by atoms with E-state index >= 15 is 0 Å². The highest BCUT2D eigenvalue weighted by molar-refractivity contribution is 5.85. The number of aromatic nitrogens is 5. The Labute approximate surface area is 155 Å². The minimum Gasteiger partial charge on any atom is -0.497 e. The van der Waals surface area contributed by atoms with E-state index in [1.54, 1.807) is 22.7 Å². The molecule has 0 aliphatic rings. The number of carbonyl (C=O) groups is 1. The van der Waals surface area contributed by atoms with Gasteiger partial charge in [-0.25, -0.2) is 9.36 Å². The lowest BCUT2D eigenvalue weighted by atomic mass is 10.2. The van der Waals surface area contributed by atoms with Gasteiger partial charge in [0.2, 0.25) is 0 Å². The number of nitrogens with zero attached hydrogens (tertiary/aromatic N) is 5. The van der Waals surface area contributed by atoms with Crippen LogP contribution in [0.4, 0.5) is 0 Å². The summed E-state index contributed by atoms with van der Waals surface area (Å²) in [6.07, 6.45) is 2.48. The van der Waals surface area contributed by atoms with Crippen molar-refractivity contribution in [3.63, 3.8) is 0 Å². The van der Waals surface area contributed by atoms with Crippen LogP contribution in [0.2, 0.25) is 0 Å². The van der Waals surface area contributed by atoms with E-state index in [0.29, 0.717) is 17.0 Å². The molecule has 134 valence electrons. The first kappa shape index (κ1) is 16.7. The van der Waals surface area contributed by atoms with Crippen molar-refractivity contribution in [1.82, 2.24) is 24.8 Å². The van der Waals surface area contributed by atoms with E-state index in [4.69, 9.17) is 4.74 Å². The maximum atomic E-state index is 11.6. The predicted molar refractivity (Wildman–Crippen MR) is 101 cm³/mol. The molecule has 0 radical (unpaired) electrons. The summed E-state index contributed by atoms with van der Waals surface area (Å²) in [6, 6.07) is 17.1. The van der Waals surface area contributed by atoms with Gasteiger partial charge in [0, 0.05) is 6.20 Å². The Morgan fingerprint density at radius 1 is 0.963 bits per heavy atom. The molecule has 27 heavy (non-hydrogen) atoms. The van der Waals surface area contributed by atoms with Crippen LogP contribution in [-0.2, 0) is 0 Å². The predicted octanol–water partition coefficient (Wildman–Crippen LogP) is 3.25. The van der Waals surface area contributed by atoms with Gasteiger partial charge in [-0.3, -0.25) is 4.79 Å². The minimum absolute atomic E-state index is 0.462. The smallest absolute Gasteiger partial charge is 0.153 e. The number of aldehydes is 1. The van der Waals surface area contributed by atoms with Gasteiger partial charge in [-0.1, -0.05) is 23.4 Å². The van der Waals surface area contributed by atoms with Crippen LogP contribution >= 0.6 is 0 Å². The second-order valence-corrected chi connectivity index (χ2v) is 5.96. The second kappa shape index (κ2) is 6.87. The third kappa shape index (κ3) is 2.99. The van der Waals surface area contributed by atoms with Crippen LogP contribution in [0.15, 0.2) is 60.8 Å². The molecule has 7 nitrogen and oxygen atoms in total. The summed E-state index contributed by atoms with van der Waals surface area (Å²) < 4.78 is 8.57. The Bertz CT molecular complexity index is 1080. The zero-order chi connectivity index (χ0) is 18.8. The molecule has 2 heterocycles. The fourth-order valence-electron chi connectivity index (χ4n) is 2.89. The van der Waals surface area contributed by atoms with Crippen molar-refractivity contribution in [2.45, 2.75) is 6.92 Å². The molecule has 0 spiro atoms. The molecule has 0 bridgehead atoms. The van der Waals surface area contributed by atoms with Crippen molar-refractivity contribution in [2.75, 3.05) is 7.11 Å². The summed E-state index contributed by atoms with van der Waals surface area (Å²) in [5.74, 6) is 0.765. The van der Waals surface area contributed by atoms with Crippen molar-refractivity contribution in [3.05, 3.63) is 72.1 Å². The van der Waals surface area contributed by atoms with Gasteiger partial charge in [0.15, 0.2) is 6.29 Å². The van der Waals surface area contributed by atoms with Gasteiger partial charge >= 0.3 is 0 Å². The molecule has 0 N–H and O–H groups in total. The van der Waals surface area contributed by atoms with Gasteiger partial charge < -0.3 is 4.74 Å². The number of hydrogen-bond donors (Lipinski definition) is 0. The van der Waals surface area contributed by atoms with Gasteiger partial charge in [-0.2, -0.15) is 5.10 Å². The second-order valence-electron chi connectivity index (χ2n) is 5.96. The Morgan fingerprint density at radius 2 is 1.70 bits per heavy atom. The van der Waals surface area contributed by atoms with Crippen LogP contribution in [0.3, 0.4) is 0 Å². The lowest BCUT2D eigenvalue weighted by Crippen LogP contribution is -1.99. The first-order valence-electron chi connectivity index (χ1n) is 8.38. The maximum Gasteiger partial charge on any atom is 0.153 e. The molecule has 7 heteroatoms. The first-order valence-corrected chi connectivity index (χ1v) is 8.38. The molecule has 0 aliphatic heterocycles. The van der Waals surface area contributed by atoms with Gasteiger partial charge in [-0.15, -0.1) is 5.10 Å². The minimum atomic E-state index is 0.462. The van der Waals surface area contributed by atoms with Gasteiger partial charge in [-0.05, 0) is 43.3 Å². The van der Waals surface area contributed by atoms with Crippen LogP contribution in [0.25, 0.3) is 22.8 Å². The Morgan fingerprint density at radius 3 is 2.37 bits per heavy atom. The Hall–Kier alpha value is -3.74. The monoisotopic (exact) mass is 359 g/mol. The van der Waals surface area contributed by atoms with E-state index in [-0.39, 0.29) is 0 Å². The fourth-order valence-corrected chi connectivity index (χ4v) is 2.89. The lowest BCUT2D eigenvalue weighted by Gasteiger charge is -2.05. The molecule has 2 aromatic carbocycles. The van der Waals surface area contributed by atoms with E-state index in [9.17, 15) is 4.79 Å². The Balaban J connectivity index is 1.77. The molecule has 0 aliphatic carbocycles. The molecular formula is C20H17N5O2. The molecule has 2 aromatic heterocycles. The van der Waals surface area contributed by atoms with Crippen LogP contribution < -0.4 is 4.74 Å². The standard InChI is InChI=1S/C20H17N5O2/c1-14-19(21-23-25(14)17-8-10-18(27-2)11-9-17)20-15(13-26)12-24(22-20)16-6-4-3-5-7-16/h3-13H,1-2H3. The molecule has 0 saturated carbocycles. The van der Waals surface area contributed by atoms with E-state index in [1.807, 2.05) is 61.5 Å². The SMILES string of the molecule is COc1ccc(-n2nnc(-c3nn(-c4ccccc4)cc3C=O)c2C)cc1. The van der Waals surface area contributed by atoms with Crippen LogP contribution in [-0.4, -0.2) is 38.2 Å². The summed E-state index contributed by atoms with van der Waals surface area (Å²) in [5.41, 5.74) is 4.05. The van der Waals surface area contributed by atoms with Crippen molar-refractivity contribution in [1.29, 1.82) is 0 Å². The molecule has 0 saturated heterocycles. The quantitative estimate of drug-likeness (QED) is 0.511. The average Bonchev–Trinajstić information content (AvgIpc) is 3.32. The zero-order valence-electron chi connectivity index (χ0n) is 14.9. The number of benzene rings is 2. The molecule has 0 fully saturated rings. The number of methoxy groups -OCH3 is 1. The van der Waals surface area contributed by atoms with E-state index in [0.717, 1.165) is 29.1 Å². The summed E-state index contributed by atoms with van der Waals surface area (Å²) in [7, 11) is 1.62. The summed E-state index contributed by atoms with van der Waals surface area (Å²) in [6.45, 7) is 1.90. The molecule has 0 unspecified atom stereocenters. The molecule has 0 amide bonds. The van der Waals surface area contributed by atoms with Gasteiger partial charge in [0.1, 0.15) is 17.1 Å². The molecule has 4 aromatic rings. The van der Waals surface area contributed by atoms with E-state index in [1.165, 1.54) is 0 Å². The van der Waals surface area contributed by atoms with Crippen LogP contribution in [0.1, 0.15) is 16.1 Å². The number of carbonyl (C=O) groups excluding carboxylic acids is 1. The van der Waals surface area contributed by atoms with Crippen molar-refractivity contribution < 1.29 is 9.53 Å². The number of ether oxygens (including phenoxy) is 1. The van der Waals surface area contributed by atoms with Crippen LogP contribution in [0, 0.1) is 6.92 Å². The van der Waals surface area contributed by atoms with Crippen molar-refractivity contribution in [3.8, 4) is 28.5 Å². The van der Waals surface area contributed by atoms with Gasteiger partial charge in [0.25, 0.3) is 0 Å².